The molecule has 0 fully saturated rings. The molecule has 0 saturated heterocycles. The normalized spacial score (nSPS) is 10.1. The monoisotopic (exact) mass is 286 g/mol. The molecular weight excluding hydrogens is 272 g/mol. The van der Waals surface area contributed by atoms with Gasteiger partial charge in [0.05, 0.1) is 16.2 Å². The molecule has 0 aromatic heterocycles. The molecule has 108 valence electrons. The summed E-state index contributed by atoms with van der Waals surface area (Å²) in [6, 6.07) is 11.2. The summed E-state index contributed by atoms with van der Waals surface area (Å²) >= 11 is 0. The van der Waals surface area contributed by atoms with Crippen molar-refractivity contribution >= 4 is 17.3 Å². The average molecular weight is 286 g/mol. The lowest BCUT2D eigenvalue weighted by atomic mass is 10.1. The van der Waals surface area contributed by atoms with Crippen molar-refractivity contribution in [2.24, 2.45) is 0 Å². The van der Waals surface area contributed by atoms with E-state index in [-0.39, 0.29) is 11.3 Å². The zero-order valence-corrected chi connectivity index (χ0v) is 11.4. The van der Waals surface area contributed by atoms with Crippen LogP contribution in [0.2, 0.25) is 0 Å². The number of nitro groups is 1. The first-order valence-corrected chi connectivity index (χ1v) is 6.29. The third-order valence-corrected chi connectivity index (χ3v) is 3.09. The molecule has 2 aromatic rings. The van der Waals surface area contributed by atoms with E-state index in [1.807, 2.05) is 13.0 Å². The van der Waals surface area contributed by atoms with Gasteiger partial charge in [0.1, 0.15) is 0 Å². The van der Waals surface area contributed by atoms with Gasteiger partial charge in [0, 0.05) is 18.7 Å². The number of aromatic carboxylic acids is 1. The van der Waals surface area contributed by atoms with Gasteiger partial charge in [-0.2, -0.15) is 0 Å². The van der Waals surface area contributed by atoms with Crippen LogP contribution in [-0.4, -0.2) is 16.0 Å². The van der Waals surface area contributed by atoms with Crippen molar-refractivity contribution in [3.8, 4) is 0 Å². The fraction of sp³-hybridized carbons (Fsp3) is 0.133. The van der Waals surface area contributed by atoms with Gasteiger partial charge in [0.2, 0.25) is 0 Å². The van der Waals surface area contributed by atoms with Crippen molar-refractivity contribution in [3.63, 3.8) is 0 Å². The molecule has 0 unspecified atom stereocenters. The Morgan fingerprint density at radius 3 is 2.67 bits per heavy atom. The molecular formula is C15H14N2O4. The Balaban J connectivity index is 2.22. The SMILES string of the molecule is Cc1cccc(C(=O)O)c1NCc1cccc([N+](=O)[O-])c1. The predicted octanol–water partition coefficient (Wildman–Crippen LogP) is 3.21. The maximum atomic E-state index is 11.2. The highest BCUT2D eigenvalue weighted by atomic mass is 16.6. The van der Waals surface area contributed by atoms with Crippen LogP contribution in [0.5, 0.6) is 0 Å². The van der Waals surface area contributed by atoms with Crippen LogP contribution in [0.3, 0.4) is 0 Å². The van der Waals surface area contributed by atoms with E-state index < -0.39 is 10.9 Å². The minimum absolute atomic E-state index is 0.0116. The minimum Gasteiger partial charge on any atom is -0.478 e. The lowest BCUT2D eigenvalue weighted by molar-refractivity contribution is -0.384. The maximum Gasteiger partial charge on any atom is 0.337 e. The Kier molecular flexibility index (Phi) is 4.18. The van der Waals surface area contributed by atoms with Crippen LogP contribution in [0, 0.1) is 17.0 Å². The topological polar surface area (TPSA) is 92.5 Å². The molecule has 6 nitrogen and oxygen atoms in total. The first-order valence-electron chi connectivity index (χ1n) is 6.29. The fourth-order valence-electron chi connectivity index (χ4n) is 2.05. The molecule has 0 radical (unpaired) electrons. The smallest absolute Gasteiger partial charge is 0.337 e. The zero-order valence-electron chi connectivity index (χ0n) is 11.4. The lowest BCUT2D eigenvalue weighted by Crippen LogP contribution is -2.08. The first-order chi connectivity index (χ1) is 9.99. The van der Waals surface area contributed by atoms with E-state index in [1.165, 1.54) is 18.2 Å². The van der Waals surface area contributed by atoms with Crippen molar-refractivity contribution < 1.29 is 14.8 Å². The van der Waals surface area contributed by atoms with Crippen molar-refractivity contribution in [1.82, 2.24) is 0 Å². The first kappa shape index (κ1) is 14.5. The predicted molar refractivity (Wildman–Crippen MR) is 78.6 cm³/mol. The maximum absolute atomic E-state index is 11.2. The van der Waals surface area contributed by atoms with E-state index in [0.29, 0.717) is 17.8 Å². The van der Waals surface area contributed by atoms with Crippen molar-refractivity contribution in [2.75, 3.05) is 5.32 Å². The number of carboxylic acid groups (broad SMARTS) is 1. The van der Waals surface area contributed by atoms with Gasteiger partial charge in [-0.3, -0.25) is 10.1 Å². The summed E-state index contributed by atoms with van der Waals surface area (Å²) in [5, 5.41) is 22.9. The third-order valence-electron chi connectivity index (χ3n) is 3.09. The quantitative estimate of drug-likeness (QED) is 0.650. The van der Waals surface area contributed by atoms with Crippen molar-refractivity contribution in [2.45, 2.75) is 13.5 Å². The van der Waals surface area contributed by atoms with E-state index in [1.54, 1.807) is 18.2 Å². The summed E-state index contributed by atoms with van der Waals surface area (Å²) in [5.74, 6) is -1.01. The van der Waals surface area contributed by atoms with E-state index in [9.17, 15) is 20.0 Å². The molecule has 0 amide bonds. The number of para-hydroxylation sites is 1. The number of anilines is 1. The molecule has 2 aromatic carbocycles. The molecule has 0 spiro atoms. The highest BCUT2D eigenvalue weighted by molar-refractivity contribution is 5.95. The summed E-state index contributed by atoms with van der Waals surface area (Å²) in [5.41, 5.74) is 2.23. The van der Waals surface area contributed by atoms with Crippen LogP contribution in [0.1, 0.15) is 21.5 Å². The molecule has 0 saturated carbocycles. The number of carboxylic acids is 1. The molecule has 0 aliphatic carbocycles. The van der Waals surface area contributed by atoms with Crippen LogP contribution in [0.25, 0.3) is 0 Å². The second-order valence-electron chi connectivity index (χ2n) is 4.58. The number of benzene rings is 2. The van der Waals surface area contributed by atoms with Gasteiger partial charge in [-0.15, -0.1) is 0 Å². The molecule has 21 heavy (non-hydrogen) atoms. The number of nitro benzene ring substituents is 1. The molecule has 2 N–H and O–H groups in total. The minimum atomic E-state index is -1.01. The van der Waals surface area contributed by atoms with Crippen molar-refractivity contribution in [1.29, 1.82) is 0 Å². The summed E-state index contributed by atoms with van der Waals surface area (Å²) in [6.45, 7) is 2.12. The summed E-state index contributed by atoms with van der Waals surface area (Å²) in [7, 11) is 0. The molecule has 2 rings (SSSR count). The van der Waals surface area contributed by atoms with Crippen LogP contribution in [0.15, 0.2) is 42.5 Å². The van der Waals surface area contributed by atoms with Gasteiger partial charge >= 0.3 is 5.97 Å². The van der Waals surface area contributed by atoms with E-state index in [0.717, 1.165) is 5.56 Å². The van der Waals surface area contributed by atoms with Crippen LogP contribution in [0.4, 0.5) is 11.4 Å². The van der Waals surface area contributed by atoms with Crippen molar-refractivity contribution in [3.05, 3.63) is 69.3 Å². The van der Waals surface area contributed by atoms with E-state index in [4.69, 9.17) is 0 Å². The van der Waals surface area contributed by atoms with Crippen LogP contribution >= 0.6 is 0 Å². The second kappa shape index (κ2) is 6.04. The van der Waals surface area contributed by atoms with Gasteiger partial charge in [-0.05, 0) is 24.1 Å². The number of carbonyl (C=O) groups is 1. The van der Waals surface area contributed by atoms with E-state index in [2.05, 4.69) is 5.32 Å². The summed E-state index contributed by atoms with van der Waals surface area (Å²) < 4.78 is 0. The van der Waals surface area contributed by atoms with Gasteiger partial charge in [-0.25, -0.2) is 4.79 Å². The van der Waals surface area contributed by atoms with Gasteiger partial charge in [0.15, 0.2) is 0 Å². The number of aryl methyl sites for hydroxylation is 1. The Morgan fingerprint density at radius 1 is 1.29 bits per heavy atom. The number of hydrogen-bond acceptors (Lipinski definition) is 4. The number of hydrogen-bond donors (Lipinski definition) is 2. The Bertz CT molecular complexity index is 698. The average Bonchev–Trinajstić information content (AvgIpc) is 2.46. The lowest BCUT2D eigenvalue weighted by Gasteiger charge is -2.12. The molecule has 0 aliphatic rings. The Labute approximate surface area is 121 Å². The van der Waals surface area contributed by atoms with Gasteiger partial charge in [0.25, 0.3) is 5.69 Å². The second-order valence-corrected chi connectivity index (χ2v) is 4.58. The molecule has 0 atom stereocenters. The van der Waals surface area contributed by atoms with Gasteiger partial charge < -0.3 is 10.4 Å². The largest absolute Gasteiger partial charge is 0.478 e. The highest BCUT2D eigenvalue weighted by Gasteiger charge is 2.12. The molecule has 0 bridgehead atoms. The molecule has 0 heterocycles. The highest BCUT2D eigenvalue weighted by Crippen LogP contribution is 2.22. The molecule has 0 aliphatic heterocycles. The number of nitrogens with zero attached hydrogens (tertiary/aromatic N) is 1. The van der Waals surface area contributed by atoms with Gasteiger partial charge in [-0.1, -0.05) is 24.3 Å². The summed E-state index contributed by atoms with van der Waals surface area (Å²) in [6.07, 6.45) is 0. The van der Waals surface area contributed by atoms with Crippen LogP contribution in [-0.2, 0) is 6.54 Å². The third kappa shape index (κ3) is 3.36. The van der Waals surface area contributed by atoms with Crippen LogP contribution < -0.4 is 5.32 Å². The van der Waals surface area contributed by atoms with E-state index >= 15 is 0 Å². The Hall–Kier alpha value is -2.89. The molecule has 6 heteroatoms. The number of non-ortho nitro benzene ring substituents is 1. The summed E-state index contributed by atoms with van der Waals surface area (Å²) in [4.78, 5) is 21.5. The number of nitrogens with one attached hydrogen (secondary N) is 1. The fourth-order valence-corrected chi connectivity index (χ4v) is 2.05. The standard InChI is InChI=1S/C15H14N2O4/c1-10-4-2-7-13(15(18)19)14(10)16-9-11-5-3-6-12(8-11)17(20)21/h2-8,16H,9H2,1H3,(H,18,19). The zero-order chi connectivity index (χ0) is 15.4. The Morgan fingerprint density at radius 2 is 2.00 bits per heavy atom. The number of rotatable bonds is 5.